The number of nitrogens with one attached hydrogen (secondary N) is 1. The summed E-state index contributed by atoms with van der Waals surface area (Å²) in [5, 5.41) is 3.01. The Morgan fingerprint density at radius 1 is 0.824 bits per heavy atom. The summed E-state index contributed by atoms with van der Waals surface area (Å²) in [6.45, 7) is 13.5. The van der Waals surface area contributed by atoms with Gasteiger partial charge in [-0.05, 0) is 57.6 Å². The van der Waals surface area contributed by atoms with Gasteiger partial charge < -0.3 is 29.3 Å². The molecule has 8 heteroatoms. The first-order valence-electron chi connectivity index (χ1n) is 12.0. The summed E-state index contributed by atoms with van der Waals surface area (Å²) < 4.78 is 16.4. The van der Waals surface area contributed by atoms with Crippen LogP contribution < -0.4 is 19.7 Å². The minimum absolute atomic E-state index is 0.283. The molecule has 1 heterocycles. The maximum absolute atomic E-state index is 13.3. The van der Waals surface area contributed by atoms with Crippen molar-refractivity contribution in [2.75, 3.05) is 62.8 Å². The van der Waals surface area contributed by atoms with Crippen LogP contribution >= 0.6 is 0 Å². The Morgan fingerprint density at radius 2 is 1.47 bits per heavy atom. The summed E-state index contributed by atoms with van der Waals surface area (Å²) in [4.78, 5) is 30.3. The highest BCUT2D eigenvalue weighted by molar-refractivity contribution is 6.07. The molecule has 1 fully saturated rings. The van der Waals surface area contributed by atoms with Gasteiger partial charge in [0.1, 0.15) is 11.5 Å². The fourth-order valence-corrected chi connectivity index (χ4v) is 3.96. The Morgan fingerprint density at radius 3 is 2.03 bits per heavy atom. The SMILES string of the molecule is CCOC(=O)c1ccc(N2CCN(CC)CC2)c(NC(=O)c2cc(OCC)cc(OCC)c2)c1. The first-order valence-corrected chi connectivity index (χ1v) is 12.0. The van der Waals surface area contributed by atoms with Crippen molar-refractivity contribution in [1.82, 2.24) is 4.90 Å². The summed E-state index contributed by atoms with van der Waals surface area (Å²) in [5.41, 5.74) is 2.26. The number of esters is 1. The Balaban J connectivity index is 1.92. The third-order valence-corrected chi connectivity index (χ3v) is 5.68. The van der Waals surface area contributed by atoms with E-state index in [9.17, 15) is 9.59 Å². The fourth-order valence-electron chi connectivity index (χ4n) is 3.96. The molecule has 0 unspecified atom stereocenters. The lowest BCUT2D eigenvalue weighted by Crippen LogP contribution is -2.46. The lowest BCUT2D eigenvalue weighted by atomic mass is 10.1. The quantitative estimate of drug-likeness (QED) is 0.526. The van der Waals surface area contributed by atoms with Crippen molar-refractivity contribution in [3.8, 4) is 11.5 Å². The van der Waals surface area contributed by atoms with Crippen LogP contribution in [0.1, 0.15) is 48.4 Å². The van der Waals surface area contributed by atoms with Gasteiger partial charge in [0.2, 0.25) is 0 Å². The summed E-state index contributed by atoms with van der Waals surface area (Å²) in [6, 6.07) is 10.5. The van der Waals surface area contributed by atoms with Crippen LogP contribution in [0.25, 0.3) is 0 Å². The third-order valence-electron chi connectivity index (χ3n) is 5.68. The zero-order valence-electron chi connectivity index (χ0n) is 20.6. The van der Waals surface area contributed by atoms with Gasteiger partial charge in [-0.2, -0.15) is 0 Å². The smallest absolute Gasteiger partial charge is 0.338 e. The zero-order chi connectivity index (χ0) is 24.5. The van der Waals surface area contributed by atoms with E-state index >= 15 is 0 Å². The average molecular weight is 470 g/mol. The molecule has 1 aliphatic rings. The molecule has 1 amide bonds. The maximum Gasteiger partial charge on any atom is 0.338 e. The molecule has 2 aromatic carbocycles. The molecule has 0 radical (unpaired) electrons. The van der Waals surface area contributed by atoms with E-state index in [1.54, 1.807) is 37.3 Å². The van der Waals surface area contributed by atoms with E-state index in [2.05, 4.69) is 22.0 Å². The number of carbonyl (C=O) groups is 2. The second-order valence-corrected chi connectivity index (χ2v) is 7.89. The van der Waals surface area contributed by atoms with Gasteiger partial charge in [0.15, 0.2) is 0 Å². The van der Waals surface area contributed by atoms with Crippen LogP contribution in [0.3, 0.4) is 0 Å². The molecule has 34 heavy (non-hydrogen) atoms. The van der Waals surface area contributed by atoms with Crippen LogP contribution in [-0.2, 0) is 4.74 Å². The van der Waals surface area contributed by atoms with Crippen molar-refractivity contribution in [3.05, 3.63) is 47.5 Å². The Kier molecular flexibility index (Phi) is 9.16. The molecule has 1 aliphatic heterocycles. The van der Waals surface area contributed by atoms with E-state index in [1.165, 1.54) is 0 Å². The largest absolute Gasteiger partial charge is 0.494 e. The van der Waals surface area contributed by atoms with Crippen molar-refractivity contribution < 1.29 is 23.8 Å². The highest BCUT2D eigenvalue weighted by Crippen LogP contribution is 2.30. The molecule has 1 N–H and O–H groups in total. The van der Waals surface area contributed by atoms with Crippen LogP contribution in [0.15, 0.2) is 36.4 Å². The number of ether oxygens (including phenoxy) is 3. The maximum atomic E-state index is 13.3. The molecule has 0 aromatic heterocycles. The van der Waals surface area contributed by atoms with Crippen molar-refractivity contribution in [2.45, 2.75) is 27.7 Å². The normalized spacial score (nSPS) is 13.9. The first kappa shape index (κ1) is 25.4. The van der Waals surface area contributed by atoms with Gasteiger partial charge in [-0.15, -0.1) is 0 Å². The van der Waals surface area contributed by atoms with E-state index in [0.717, 1.165) is 38.4 Å². The minimum Gasteiger partial charge on any atom is -0.494 e. The number of piperazine rings is 1. The molecule has 0 atom stereocenters. The summed E-state index contributed by atoms with van der Waals surface area (Å²) in [7, 11) is 0. The molecule has 8 nitrogen and oxygen atoms in total. The van der Waals surface area contributed by atoms with Gasteiger partial charge in [0, 0.05) is 37.8 Å². The second kappa shape index (κ2) is 12.3. The molecule has 184 valence electrons. The lowest BCUT2D eigenvalue weighted by molar-refractivity contribution is 0.0526. The van der Waals surface area contributed by atoms with Crippen LogP contribution in [-0.4, -0.2) is 69.3 Å². The Labute approximate surface area is 201 Å². The standard InChI is InChI=1S/C26H35N3O5/c1-5-28-11-13-29(14-12-28)24-10-9-19(26(31)34-8-4)17-23(24)27-25(30)20-15-21(32-6-2)18-22(16-20)33-7-3/h9-10,15-18H,5-8,11-14H2,1-4H3,(H,27,30). The molecular formula is C26H35N3O5. The van der Waals surface area contributed by atoms with Crippen molar-refractivity contribution in [2.24, 2.45) is 0 Å². The topological polar surface area (TPSA) is 80.3 Å². The van der Waals surface area contributed by atoms with Crippen molar-refractivity contribution in [3.63, 3.8) is 0 Å². The van der Waals surface area contributed by atoms with Gasteiger partial charge >= 0.3 is 5.97 Å². The van der Waals surface area contributed by atoms with Crippen molar-refractivity contribution in [1.29, 1.82) is 0 Å². The van der Waals surface area contributed by atoms with E-state index in [-0.39, 0.29) is 12.5 Å². The van der Waals surface area contributed by atoms with Gasteiger partial charge in [-0.1, -0.05) is 6.92 Å². The number of likely N-dealkylation sites (N-methyl/N-ethyl adjacent to an activating group) is 1. The van der Waals surface area contributed by atoms with Crippen molar-refractivity contribution >= 4 is 23.3 Å². The zero-order valence-corrected chi connectivity index (χ0v) is 20.6. The van der Waals surface area contributed by atoms with E-state index in [4.69, 9.17) is 14.2 Å². The number of rotatable bonds is 10. The van der Waals surface area contributed by atoms with Gasteiger partial charge in [-0.25, -0.2) is 4.79 Å². The van der Waals surface area contributed by atoms with Crippen LogP contribution in [0, 0.1) is 0 Å². The number of benzene rings is 2. The number of hydrogen-bond acceptors (Lipinski definition) is 7. The van der Waals surface area contributed by atoms with E-state index in [1.807, 2.05) is 19.9 Å². The molecule has 0 aliphatic carbocycles. The highest BCUT2D eigenvalue weighted by atomic mass is 16.5. The average Bonchev–Trinajstić information content (AvgIpc) is 2.84. The number of nitrogens with zero attached hydrogens (tertiary/aromatic N) is 2. The van der Waals surface area contributed by atoms with Crippen LogP contribution in [0.4, 0.5) is 11.4 Å². The molecule has 0 bridgehead atoms. The van der Waals surface area contributed by atoms with E-state index in [0.29, 0.717) is 41.5 Å². The Bertz CT molecular complexity index is 962. The number of hydrogen-bond donors (Lipinski definition) is 1. The summed E-state index contributed by atoms with van der Waals surface area (Å²) in [6.07, 6.45) is 0. The first-order chi connectivity index (χ1) is 16.5. The highest BCUT2D eigenvalue weighted by Gasteiger charge is 2.21. The van der Waals surface area contributed by atoms with E-state index < -0.39 is 5.97 Å². The minimum atomic E-state index is -0.419. The summed E-state index contributed by atoms with van der Waals surface area (Å²) in [5.74, 6) is 0.402. The van der Waals surface area contributed by atoms with Gasteiger partial charge in [-0.3, -0.25) is 4.79 Å². The molecule has 3 rings (SSSR count). The lowest BCUT2D eigenvalue weighted by Gasteiger charge is -2.36. The van der Waals surface area contributed by atoms with Crippen LogP contribution in [0.2, 0.25) is 0 Å². The predicted octanol–water partition coefficient (Wildman–Crippen LogP) is 4.05. The number of anilines is 2. The number of amides is 1. The molecule has 1 saturated heterocycles. The third kappa shape index (κ3) is 6.41. The number of carbonyl (C=O) groups excluding carboxylic acids is 2. The molecule has 0 spiro atoms. The van der Waals surface area contributed by atoms with Crippen LogP contribution in [0.5, 0.6) is 11.5 Å². The molecule has 2 aromatic rings. The predicted molar refractivity (Wildman–Crippen MR) is 133 cm³/mol. The van der Waals surface area contributed by atoms with Gasteiger partial charge in [0.25, 0.3) is 5.91 Å². The fraction of sp³-hybridized carbons (Fsp3) is 0.462. The van der Waals surface area contributed by atoms with Gasteiger partial charge in [0.05, 0.1) is 36.8 Å². The second-order valence-electron chi connectivity index (χ2n) is 7.89. The molecule has 0 saturated carbocycles. The monoisotopic (exact) mass is 469 g/mol. The summed E-state index contributed by atoms with van der Waals surface area (Å²) >= 11 is 0. The molecular weight excluding hydrogens is 434 g/mol. The Hall–Kier alpha value is -3.26.